The molecule has 0 bridgehead atoms. The minimum absolute atomic E-state index is 0.270. The molecule has 2 rings (SSSR count). The Morgan fingerprint density at radius 3 is 2.25 bits per heavy atom. The Bertz CT molecular complexity index is 420. The van der Waals surface area contributed by atoms with E-state index in [9.17, 15) is 10.2 Å². The normalized spacial score (nSPS) is 20.8. The van der Waals surface area contributed by atoms with Crippen molar-refractivity contribution in [3.63, 3.8) is 0 Å². The molecule has 1 aromatic carbocycles. The molecule has 1 aliphatic rings. The van der Waals surface area contributed by atoms with E-state index in [-0.39, 0.29) is 6.10 Å². The molecule has 0 amide bonds. The molecule has 1 aliphatic heterocycles. The molecule has 5 heteroatoms. The second kappa shape index (κ2) is 7.52. The lowest BCUT2D eigenvalue weighted by atomic mass is 10.1. The second-order valence-electron chi connectivity index (χ2n) is 5.52. The Morgan fingerprint density at radius 2 is 1.70 bits per heavy atom. The zero-order chi connectivity index (χ0) is 14.5. The predicted molar refractivity (Wildman–Crippen MR) is 83.7 cm³/mol. The molecule has 0 aliphatic carbocycles. The molecule has 20 heavy (non-hydrogen) atoms. The highest BCUT2D eigenvalue weighted by Gasteiger charge is 2.20. The number of benzene rings is 1. The van der Waals surface area contributed by atoms with Crippen molar-refractivity contribution in [1.82, 2.24) is 9.80 Å². The summed E-state index contributed by atoms with van der Waals surface area (Å²) in [5, 5.41) is 19.7. The lowest BCUT2D eigenvalue weighted by Gasteiger charge is -2.36. The van der Waals surface area contributed by atoms with Gasteiger partial charge in [0.05, 0.1) is 12.2 Å². The van der Waals surface area contributed by atoms with Gasteiger partial charge < -0.3 is 10.2 Å². The van der Waals surface area contributed by atoms with E-state index in [1.54, 1.807) is 0 Å². The minimum Gasteiger partial charge on any atom is -0.392 e. The van der Waals surface area contributed by atoms with Crippen molar-refractivity contribution in [3.8, 4) is 0 Å². The van der Waals surface area contributed by atoms with Gasteiger partial charge in [0.2, 0.25) is 0 Å². The van der Waals surface area contributed by atoms with Crippen LogP contribution in [0.15, 0.2) is 28.7 Å². The first-order valence-electron chi connectivity index (χ1n) is 7.11. The van der Waals surface area contributed by atoms with Gasteiger partial charge in [0.1, 0.15) is 0 Å². The van der Waals surface area contributed by atoms with E-state index in [0.29, 0.717) is 6.54 Å². The molecular formula is C15H23BrN2O2. The Morgan fingerprint density at radius 1 is 1.10 bits per heavy atom. The van der Waals surface area contributed by atoms with Gasteiger partial charge >= 0.3 is 0 Å². The Hall–Kier alpha value is -0.460. The monoisotopic (exact) mass is 342 g/mol. The minimum atomic E-state index is -0.448. The van der Waals surface area contributed by atoms with Gasteiger partial charge in [-0.2, -0.15) is 0 Å². The van der Waals surface area contributed by atoms with Crippen molar-refractivity contribution in [2.45, 2.75) is 19.1 Å². The highest BCUT2D eigenvalue weighted by Crippen LogP contribution is 2.19. The fraction of sp³-hybridized carbons (Fsp3) is 0.600. The lowest BCUT2D eigenvalue weighted by molar-refractivity contribution is 0.0526. The van der Waals surface area contributed by atoms with Crippen LogP contribution in [0, 0.1) is 0 Å². The first kappa shape index (κ1) is 15.9. The standard InChI is InChI=1S/C15H23BrN2O2/c1-12(19)10-17-5-7-18(8-6-17)11-15(20)13-3-2-4-14(16)9-13/h2-4,9,12,15,19-20H,5-8,10-11H2,1H3/t12-,15-/m1/s1. The molecule has 1 fully saturated rings. The topological polar surface area (TPSA) is 46.9 Å². The maximum atomic E-state index is 10.3. The number of rotatable bonds is 5. The zero-order valence-corrected chi connectivity index (χ0v) is 13.5. The van der Waals surface area contributed by atoms with Gasteiger partial charge in [0, 0.05) is 43.7 Å². The molecule has 1 saturated heterocycles. The Labute approximate surface area is 129 Å². The van der Waals surface area contributed by atoms with E-state index >= 15 is 0 Å². The molecule has 4 nitrogen and oxygen atoms in total. The molecule has 2 atom stereocenters. The number of halogens is 1. The molecule has 0 spiro atoms. The summed E-state index contributed by atoms with van der Waals surface area (Å²) in [6.45, 7) is 7.02. The van der Waals surface area contributed by atoms with Crippen LogP contribution < -0.4 is 0 Å². The van der Waals surface area contributed by atoms with Crippen molar-refractivity contribution in [2.75, 3.05) is 39.3 Å². The molecule has 0 unspecified atom stereocenters. The molecule has 1 aromatic rings. The van der Waals surface area contributed by atoms with E-state index in [4.69, 9.17) is 0 Å². The van der Waals surface area contributed by atoms with Crippen molar-refractivity contribution in [2.24, 2.45) is 0 Å². The Balaban J connectivity index is 1.80. The van der Waals surface area contributed by atoms with Gasteiger partial charge in [-0.15, -0.1) is 0 Å². The average molecular weight is 343 g/mol. The molecule has 2 N–H and O–H groups in total. The number of piperazine rings is 1. The van der Waals surface area contributed by atoms with E-state index in [2.05, 4.69) is 25.7 Å². The van der Waals surface area contributed by atoms with Gasteiger partial charge in [-0.05, 0) is 24.6 Å². The maximum Gasteiger partial charge on any atom is 0.0917 e. The van der Waals surface area contributed by atoms with E-state index < -0.39 is 6.10 Å². The molecule has 0 aromatic heterocycles. The van der Waals surface area contributed by atoms with Crippen molar-refractivity contribution in [3.05, 3.63) is 34.3 Å². The second-order valence-corrected chi connectivity index (χ2v) is 6.44. The van der Waals surface area contributed by atoms with Gasteiger partial charge in [-0.3, -0.25) is 9.80 Å². The summed E-state index contributed by atoms with van der Waals surface area (Å²) in [6.07, 6.45) is -0.718. The van der Waals surface area contributed by atoms with Gasteiger partial charge in [0.25, 0.3) is 0 Å². The number of hydrogen-bond acceptors (Lipinski definition) is 4. The zero-order valence-electron chi connectivity index (χ0n) is 11.9. The average Bonchev–Trinajstić information content (AvgIpc) is 2.40. The molecule has 1 heterocycles. The summed E-state index contributed by atoms with van der Waals surface area (Å²) in [4.78, 5) is 4.55. The van der Waals surface area contributed by atoms with Crippen LogP contribution in [0.1, 0.15) is 18.6 Å². The molecule has 0 saturated carbocycles. The van der Waals surface area contributed by atoms with Gasteiger partial charge in [-0.25, -0.2) is 0 Å². The summed E-state index contributed by atoms with van der Waals surface area (Å²) in [5.74, 6) is 0. The van der Waals surface area contributed by atoms with Crippen LogP contribution in [0.2, 0.25) is 0 Å². The van der Waals surface area contributed by atoms with E-state index in [1.165, 1.54) is 0 Å². The number of aliphatic hydroxyl groups excluding tert-OH is 2. The third kappa shape index (κ3) is 4.82. The highest BCUT2D eigenvalue weighted by molar-refractivity contribution is 9.10. The first-order valence-corrected chi connectivity index (χ1v) is 7.90. The Kier molecular flexibility index (Phi) is 5.99. The first-order chi connectivity index (χ1) is 9.54. The van der Waals surface area contributed by atoms with Crippen LogP contribution in [-0.2, 0) is 0 Å². The number of aliphatic hydroxyl groups is 2. The van der Waals surface area contributed by atoms with E-state index in [1.807, 2.05) is 31.2 Å². The molecule has 112 valence electrons. The van der Waals surface area contributed by atoms with Crippen molar-refractivity contribution in [1.29, 1.82) is 0 Å². The number of hydrogen-bond donors (Lipinski definition) is 2. The van der Waals surface area contributed by atoms with Gasteiger partial charge in [0.15, 0.2) is 0 Å². The number of β-amino-alcohol motifs (C(OH)–C–C–N with tert-alkyl or cyclic N) is 2. The largest absolute Gasteiger partial charge is 0.392 e. The fourth-order valence-electron chi connectivity index (χ4n) is 2.59. The summed E-state index contributed by atoms with van der Waals surface area (Å²) in [5.41, 5.74) is 0.950. The predicted octanol–water partition coefficient (Wildman–Crippen LogP) is 1.48. The van der Waals surface area contributed by atoms with Crippen LogP contribution in [0.5, 0.6) is 0 Å². The highest BCUT2D eigenvalue weighted by atomic mass is 79.9. The van der Waals surface area contributed by atoms with Crippen LogP contribution in [-0.4, -0.2) is 65.4 Å². The van der Waals surface area contributed by atoms with Crippen LogP contribution in [0.4, 0.5) is 0 Å². The van der Waals surface area contributed by atoms with E-state index in [0.717, 1.165) is 42.8 Å². The van der Waals surface area contributed by atoms with Crippen molar-refractivity contribution >= 4 is 15.9 Å². The third-order valence-electron chi connectivity index (χ3n) is 3.65. The summed E-state index contributed by atoms with van der Waals surface area (Å²) < 4.78 is 0.996. The smallest absolute Gasteiger partial charge is 0.0917 e. The van der Waals surface area contributed by atoms with Crippen LogP contribution >= 0.6 is 15.9 Å². The quantitative estimate of drug-likeness (QED) is 0.850. The maximum absolute atomic E-state index is 10.3. The van der Waals surface area contributed by atoms with Crippen LogP contribution in [0.25, 0.3) is 0 Å². The summed E-state index contributed by atoms with van der Waals surface area (Å²) in [7, 11) is 0. The lowest BCUT2D eigenvalue weighted by Crippen LogP contribution is -2.49. The number of nitrogens with zero attached hydrogens (tertiary/aromatic N) is 2. The molecule has 0 radical (unpaired) electrons. The summed E-state index contributed by atoms with van der Waals surface area (Å²) >= 11 is 3.43. The molecular weight excluding hydrogens is 320 g/mol. The third-order valence-corrected chi connectivity index (χ3v) is 4.15. The van der Waals surface area contributed by atoms with Gasteiger partial charge in [-0.1, -0.05) is 28.1 Å². The van der Waals surface area contributed by atoms with Crippen molar-refractivity contribution < 1.29 is 10.2 Å². The fourth-order valence-corrected chi connectivity index (χ4v) is 3.01. The summed E-state index contributed by atoms with van der Waals surface area (Å²) in [6, 6.07) is 7.84. The van der Waals surface area contributed by atoms with Crippen LogP contribution in [0.3, 0.4) is 0 Å². The SMILES string of the molecule is C[C@@H](O)CN1CCN(C[C@@H](O)c2cccc(Br)c2)CC1.